The lowest BCUT2D eigenvalue weighted by molar-refractivity contribution is 0.0775. The topological polar surface area (TPSA) is 156 Å². The van der Waals surface area contributed by atoms with Crippen molar-refractivity contribution >= 4 is 113 Å². The van der Waals surface area contributed by atoms with Crippen LogP contribution in [0.1, 0.15) is 59.5 Å². The van der Waals surface area contributed by atoms with Crippen molar-refractivity contribution in [3.8, 4) is 0 Å². The molecule has 344 valence electrons. The first kappa shape index (κ1) is 49.0. The fraction of sp³-hybridized carbons (Fsp3) is 0.348. The Hall–Kier alpha value is -5.46. The number of halogens is 4. The SMILES string of the molecule is CN(CCC1CCN(c2noc3cc(F)ccc23)CC1)C(=O)c1nsc2ccccc12.CN(CCC1CCN(c2noc3cc(F)ccc23)CC1)C(=O)c1nsc2ccccc12.Cl.Cl.O. The molecule has 2 saturated heterocycles. The number of benzene rings is 4. The minimum absolute atomic E-state index is 0. The molecule has 2 aliphatic heterocycles. The highest BCUT2D eigenvalue weighted by molar-refractivity contribution is 7.13. The summed E-state index contributed by atoms with van der Waals surface area (Å²) >= 11 is 2.74. The standard InChI is InChI=1S/2C23H23FN4O2S.2ClH.H2O/c2*1-27(23(29)21-18-4-2-3-5-20(18)31-26-21)11-8-15-9-12-28(13-10-15)22-17-7-6-16(24)14-19(17)30-25-22;;;/h2*2-7,14-15H,8-13H2,1H3;2*1H;1H2. The molecule has 4 aromatic carbocycles. The summed E-state index contributed by atoms with van der Waals surface area (Å²) in [5.41, 5.74) is 2.05. The first-order chi connectivity index (χ1) is 30.2. The second-order valence-corrected chi connectivity index (χ2v) is 17.8. The third-order valence-corrected chi connectivity index (χ3v) is 13.9. The minimum Gasteiger partial charge on any atom is -0.412 e. The van der Waals surface area contributed by atoms with E-state index in [4.69, 9.17) is 9.05 Å². The molecular weight excluding hydrogens is 918 g/mol. The average Bonchev–Trinajstić information content (AvgIpc) is 4.12. The van der Waals surface area contributed by atoms with Gasteiger partial charge in [0, 0.05) is 76.3 Å². The molecule has 65 heavy (non-hydrogen) atoms. The minimum atomic E-state index is -0.321. The molecule has 0 radical (unpaired) electrons. The summed E-state index contributed by atoms with van der Waals surface area (Å²) in [7, 11) is 3.71. The fourth-order valence-electron chi connectivity index (χ4n) is 8.52. The smallest absolute Gasteiger partial charge is 0.273 e. The number of carbonyl (C=O) groups excluding carboxylic acids is 2. The monoisotopic (exact) mass is 966 g/mol. The van der Waals surface area contributed by atoms with Crippen molar-refractivity contribution in [1.29, 1.82) is 0 Å². The molecule has 13 nitrogen and oxygen atoms in total. The number of rotatable bonds is 10. The van der Waals surface area contributed by atoms with Crippen LogP contribution in [0.15, 0.2) is 94.0 Å². The van der Waals surface area contributed by atoms with Crippen LogP contribution in [0.5, 0.6) is 0 Å². The van der Waals surface area contributed by atoms with Crippen LogP contribution < -0.4 is 9.80 Å². The van der Waals surface area contributed by atoms with Gasteiger partial charge in [0.25, 0.3) is 11.8 Å². The molecule has 0 saturated carbocycles. The van der Waals surface area contributed by atoms with Crippen LogP contribution in [-0.2, 0) is 0 Å². The van der Waals surface area contributed by atoms with Crippen molar-refractivity contribution in [3.05, 3.63) is 108 Å². The number of hydrogen-bond donors (Lipinski definition) is 0. The Balaban J connectivity index is 0.000000206. The van der Waals surface area contributed by atoms with Crippen LogP contribution in [0, 0.1) is 23.5 Å². The molecule has 2 aliphatic rings. The predicted molar refractivity (Wildman–Crippen MR) is 258 cm³/mol. The normalized spacial score (nSPS) is 14.4. The van der Waals surface area contributed by atoms with Gasteiger partial charge in [-0.15, -0.1) is 24.8 Å². The molecule has 2 N–H and O–H groups in total. The molecule has 0 unspecified atom stereocenters. The summed E-state index contributed by atoms with van der Waals surface area (Å²) in [6.07, 6.45) is 6.02. The van der Waals surface area contributed by atoms with Gasteiger partial charge in [0.2, 0.25) is 0 Å². The highest BCUT2D eigenvalue weighted by Gasteiger charge is 2.27. The number of fused-ring (bicyclic) bond motifs is 4. The van der Waals surface area contributed by atoms with Gasteiger partial charge in [-0.25, -0.2) is 8.78 Å². The van der Waals surface area contributed by atoms with E-state index in [1.165, 1.54) is 47.3 Å². The van der Waals surface area contributed by atoms with Crippen LogP contribution in [0.3, 0.4) is 0 Å². The summed E-state index contributed by atoms with van der Waals surface area (Å²) in [5.74, 6) is 2.00. The van der Waals surface area contributed by atoms with Crippen molar-refractivity contribution in [3.63, 3.8) is 0 Å². The fourth-order valence-corrected chi connectivity index (χ4v) is 10.1. The molecule has 0 bridgehead atoms. The van der Waals surface area contributed by atoms with Gasteiger partial charge in [-0.1, -0.05) is 46.7 Å². The highest BCUT2D eigenvalue weighted by atomic mass is 35.5. The Morgan fingerprint density at radius 3 is 1.40 bits per heavy atom. The molecule has 0 aliphatic carbocycles. The number of hydrogen-bond acceptors (Lipinski definition) is 12. The van der Waals surface area contributed by atoms with Crippen LogP contribution in [0.25, 0.3) is 42.1 Å². The lowest BCUT2D eigenvalue weighted by Gasteiger charge is -2.32. The number of carbonyl (C=O) groups is 2. The zero-order chi connectivity index (χ0) is 42.7. The summed E-state index contributed by atoms with van der Waals surface area (Å²) in [5, 5.41) is 11.9. The third kappa shape index (κ3) is 10.7. The largest absolute Gasteiger partial charge is 0.412 e. The van der Waals surface area contributed by atoms with E-state index in [-0.39, 0.29) is 53.7 Å². The van der Waals surface area contributed by atoms with E-state index >= 15 is 0 Å². The van der Waals surface area contributed by atoms with Crippen molar-refractivity contribution in [2.24, 2.45) is 11.8 Å². The molecule has 4 aromatic heterocycles. The molecule has 0 atom stereocenters. The maximum atomic E-state index is 13.4. The van der Waals surface area contributed by atoms with Gasteiger partial charge in [-0.05, 0) is 110 Å². The van der Waals surface area contributed by atoms with Crippen molar-refractivity contribution in [1.82, 2.24) is 28.9 Å². The van der Waals surface area contributed by atoms with Gasteiger partial charge in [-0.3, -0.25) is 9.59 Å². The van der Waals surface area contributed by atoms with E-state index in [1.807, 2.05) is 62.6 Å². The third-order valence-electron chi connectivity index (χ3n) is 12.3. The Labute approximate surface area is 394 Å². The van der Waals surface area contributed by atoms with Crippen LogP contribution >= 0.6 is 47.9 Å². The predicted octanol–water partition coefficient (Wildman–Crippen LogP) is 9.93. The van der Waals surface area contributed by atoms with Gasteiger partial charge in [0.1, 0.15) is 23.0 Å². The summed E-state index contributed by atoms with van der Waals surface area (Å²) < 4.78 is 48.2. The number of anilines is 2. The molecule has 6 heterocycles. The van der Waals surface area contributed by atoms with Crippen molar-refractivity contribution in [2.45, 2.75) is 38.5 Å². The first-order valence-electron chi connectivity index (χ1n) is 21.0. The molecule has 19 heteroatoms. The zero-order valence-corrected chi connectivity index (χ0v) is 39.1. The van der Waals surface area contributed by atoms with E-state index in [0.717, 1.165) is 107 Å². The highest BCUT2D eigenvalue weighted by Crippen LogP contribution is 2.33. The van der Waals surface area contributed by atoms with E-state index in [2.05, 4.69) is 28.9 Å². The maximum absolute atomic E-state index is 13.4. The van der Waals surface area contributed by atoms with Crippen LogP contribution in [-0.4, -0.2) is 99.5 Å². The van der Waals surface area contributed by atoms with E-state index < -0.39 is 0 Å². The Kier molecular flexibility index (Phi) is 16.3. The quantitative estimate of drug-likeness (QED) is 0.129. The van der Waals surface area contributed by atoms with E-state index in [0.29, 0.717) is 47.5 Å². The van der Waals surface area contributed by atoms with E-state index in [9.17, 15) is 18.4 Å². The Morgan fingerprint density at radius 2 is 1.00 bits per heavy atom. The zero-order valence-electron chi connectivity index (χ0n) is 35.8. The number of amides is 2. The molecule has 2 fully saturated rings. The van der Waals surface area contributed by atoms with Gasteiger partial charge in [0.15, 0.2) is 22.8 Å². The number of piperidine rings is 2. The molecule has 10 rings (SSSR count). The average molecular weight is 968 g/mol. The maximum Gasteiger partial charge on any atom is 0.273 e. The van der Waals surface area contributed by atoms with Gasteiger partial charge in [0.05, 0.1) is 20.2 Å². The Bertz CT molecular complexity index is 2670. The number of nitrogens with zero attached hydrogens (tertiary/aromatic N) is 8. The van der Waals surface area contributed by atoms with Crippen molar-refractivity contribution in [2.75, 3.05) is 63.2 Å². The Morgan fingerprint density at radius 1 is 0.615 bits per heavy atom. The first-order valence-corrected chi connectivity index (χ1v) is 22.5. The summed E-state index contributed by atoms with van der Waals surface area (Å²) in [4.78, 5) is 33.7. The molecular formula is C46H50Cl2F2N8O5S2. The second kappa shape index (κ2) is 21.7. The summed E-state index contributed by atoms with van der Waals surface area (Å²) in [6, 6.07) is 24.8. The van der Waals surface area contributed by atoms with Crippen molar-refractivity contribution < 1.29 is 32.9 Å². The lowest BCUT2D eigenvalue weighted by Crippen LogP contribution is -2.36. The molecule has 0 spiro atoms. The van der Waals surface area contributed by atoms with Gasteiger partial charge >= 0.3 is 0 Å². The van der Waals surface area contributed by atoms with Gasteiger partial charge in [-0.2, -0.15) is 8.75 Å². The van der Waals surface area contributed by atoms with Crippen LogP contribution in [0.2, 0.25) is 0 Å². The van der Waals surface area contributed by atoms with Gasteiger partial charge < -0.3 is 34.1 Å². The second-order valence-electron chi connectivity index (χ2n) is 16.2. The summed E-state index contributed by atoms with van der Waals surface area (Å²) in [6.45, 7) is 4.91. The lowest BCUT2D eigenvalue weighted by atomic mass is 9.93. The molecule has 2 amide bonds. The van der Waals surface area contributed by atoms with E-state index in [1.54, 1.807) is 21.9 Å². The van der Waals surface area contributed by atoms with Crippen LogP contribution in [0.4, 0.5) is 20.4 Å². The molecule has 8 aromatic rings. The number of aromatic nitrogens is 4.